The Bertz CT molecular complexity index is 4300. The number of ether oxygens (including phenoxy) is 2. The van der Waals surface area contributed by atoms with Crippen LogP contribution in [-0.4, -0.2) is 51.0 Å². The number of methoxy groups -OCH3 is 1. The molecule has 0 saturated heterocycles. The quantitative estimate of drug-likeness (QED) is 0.0877. The summed E-state index contributed by atoms with van der Waals surface area (Å²) in [6, 6.07) is 37.7. The Morgan fingerprint density at radius 3 is 2.35 bits per heavy atom. The molecule has 6 aromatic carbocycles. The lowest BCUT2D eigenvalue weighted by Gasteiger charge is -2.13. The van der Waals surface area contributed by atoms with Crippen LogP contribution in [-0.2, 0) is 19.6 Å². The van der Waals surface area contributed by atoms with E-state index in [1.807, 2.05) is 121 Å². The Hall–Kier alpha value is -9.84. The maximum Gasteiger partial charge on any atom is 0.242 e. The first-order valence-corrected chi connectivity index (χ1v) is 25.1. The minimum absolute atomic E-state index is 0.00488. The van der Waals surface area contributed by atoms with Gasteiger partial charge in [0.05, 0.1) is 37.2 Å². The van der Waals surface area contributed by atoms with E-state index in [0.717, 1.165) is 44.0 Å². The largest absolute Gasteiger partial charge is 0.497 e. The van der Waals surface area contributed by atoms with Crippen LogP contribution in [0.25, 0.3) is 77.8 Å². The van der Waals surface area contributed by atoms with Crippen LogP contribution in [0.2, 0.25) is 0 Å². The van der Waals surface area contributed by atoms with Gasteiger partial charge in [-0.25, -0.2) is 37.2 Å². The van der Waals surface area contributed by atoms with Crippen LogP contribution in [0.1, 0.15) is 55.5 Å². The fourth-order valence-electron chi connectivity index (χ4n) is 10.2. The van der Waals surface area contributed by atoms with E-state index in [1.165, 1.54) is 12.1 Å². The lowest BCUT2D eigenvalue weighted by molar-refractivity contribution is -0.699. The number of halogens is 2. The molecule has 18 heteroatoms. The Labute approximate surface area is 439 Å². The normalized spacial score (nSPS) is 12.4. The number of nitrogen functional groups attached to an aromatic ring is 3. The molecule has 0 aliphatic carbocycles. The Balaban J connectivity index is 0.926. The first-order chi connectivity index (χ1) is 37.4. The summed E-state index contributed by atoms with van der Waals surface area (Å²) in [6.07, 6.45) is 10.8. The molecule has 382 valence electrons. The minimum atomic E-state index is -0.901. The first-order valence-electron chi connectivity index (χ1n) is 25.1. The summed E-state index contributed by atoms with van der Waals surface area (Å²) in [4.78, 5) is 19.5. The van der Waals surface area contributed by atoms with E-state index in [1.54, 1.807) is 46.1 Å². The molecular formula is C59H52F2N14O2+2. The fraction of sp³-hybridized carbons (Fsp3) is 0.153. The summed E-state index contributed by atoms with van der Waals surface area (Å²) in [7, 11) is 1.65. The highest BCUT2D eigenvalue weighted by Crippen LogP contribution is 2.38. The molecule has 0 fully saturated rings. The molecule has 6 N–H and O–H groups in total. The zero-order valence-corrected chi connectivity index (χ0v) is 42.5. The summed E-state index contributed by atoms with van der Waals surface area (Å²) >= 11 is 0. The van der Waals surface area contributed by atoms with Gasteiger partial charge in [-0.3, -0.25) is 4.40 Å². The van der Waals surface area contributed by atoms with Crippen molar-refractivity contribution in [2.75, 3.05) is 24.3 Å². The smallest absolute Gasteiger partial charge is 0.242 e. The van der Waals surface area contributed by atoms with Gasteiger partial charge < -0.3 is 26.7 Å². The molecule has 77 heavy (non-hydrogen) atoms. The number of hydrogen-bond donors (Lipinski definition) is 3. The average molecular weight is 1030 g/mol. The summed E-state index contributed by atoms with van der Waals surface area (Å²) in [5, 5.41) is 15.1. The molecule has 0 saturated carbocycles. The molecule has 12 aromatic rings. The molecule has 6 aromatic heterocycles. The lowest BCUT2D eigenvalue weighted by atomic mass is 10.00. The second-order valence-corrected chi connectivity index (χ2v) is 19.1. The summed E-state index contributed by atoms with van der Waals surface area (Å²) in [5.41, 5.74) is 26.3. The second-order valence-electron chi connectivity index (χ2n) is 19.1. The number of fused-ring (bicyclic) bond motifs is 5. The predicted molar refractivity (Wildman–Crippen MR) is 294 cm³/mol. The first kappa shape index (κ1) is 48.1. The average Bonchev–Trinajstić information content (AvgIpc) is 4.22. The van der Waals surface area contributed by atoms with E-state index in [9.17, 15) is 0 Å². The van der Waals surface area contributed by atoms with Gasteiger partial charge in [-0.1, -0.05) is 101 Å². The second kappa shape index (κ2) is 19.5. The molecule has 1 atom stereocenters. The third kappa shape index (κ3) is 8.48. The fourth-order valence-corrected chi connectivity index (χ4v) is 10.2. The van der Waals surface area contributed by atoms with Gasteiger partial charge >= 0.3 is 0 Å². The van der Waals surface area contributed by atoms with Gasteiger partial charge in [0.15, 0.2) is 17.4 Å². The number of rotatable bonds is 14. The number of aromatic nitrogens is 11. The van der Waals surface area contributed by atoms with Crippen molar-refractivity contribution in [3.8, 4) is 34.0 Å². The maximum absolute atomic E-state index is 16.5. The van der Waals surface area contributed by atoms with Gasteiger partial charge in [0.25, 0.3) is 0 Å². The van der Waals surface area contributed by atoms with E-state index in [-0.39, 0.29) is 47.4 Å². The molecule has 12 rings (SSSR count). The van der Waals surface area contributed by atoms with E-state index < -0.39 is 17.7 Å². The third-order valence-electron chi connectivity index (χ3n) is 14.1. The standard InChI is InChI=1S/C59H50F2N14O2/c1-34(2)75-59-49(52(70-75)47-44(60)22-23-46(50(47)61)77-31-36-12-6-5-7-13-36)55(63)71(32-66-59)25-11-26-74-58-48(45(69-74)30-40-16-10-15-37-14-8-9-17-43(37)40)56(64)73(33-67-58)35(3)57-68-51(53-54(62)65-24-27-72(53)57)41-19-18-39-29-42(76-4)21-20-38(39)28-41/h5-25,27-29,32-35,63-64H,26,30-31H2,1-4H3,(H2,62,65)/p+2. The van der Waals surface area contributed by atoms with Crippen molar-refractivity contribution in [3.63, 3.8) is 0 Å². The third-order valence-corrected chi connectivity index (χ3v) is 14.1. The topological polar surface area (TPSA) is 196 Å². The van der Waals surface area contributed by atoms with Gasteiger partial charge in [-0.05, 0) is 89.9 Å². The zero-order chi connectivity index (χ0) is 53.1. The van der Waals surface area contributed by atoms with Crippen LogP contribution in [0, 0.1) is 11.6 Å². The molecule has 0 aliphatic heterocycles. The van der Waals surface area contributed by atoms with Crippen molar-refractivity contribution in [1.82, 2.24) is 43.9 Å². The molecule has 0 radical (unpaired) electrons. The van der Waals surface area contributed by atoms with Gasteiger partial charge in [0.2, 0.25) is 35.6 Å². The van der Waals surface area contributed by atoms with Crippen molar-refractivity contribution >= 4 is 72.8 Å². The Morgan fingerprint density at radius 1 is 0.740 bits per heavy atom. The highest BCUT2D eigenvalue weighted by Gasteiger charge is 2.31. The van der Waals surface area contributed by atoms with Crippen LogP contribution < -0.4 is 35.8 Å². The highest BCUT2D eigenvalue weighted by atomic mass is 19.1. The van der Waals surface area contributed by atoms with Gasteiger partial charge in [0, 0.05) is 24.4 Å². The Kier molecular flexibility index (Phi) is 12.2. The molecule has 0 amide bonds. The summed E-state index contributed by atoms with van der Waals surface area (Å²) < 4.78 is 52.6. The lowest BCUT2D eigenvalue weighted by Crippen LogP contribution is -2.42. The maximum atomic E-state index is 16.5. The van der Waals surface area contributed by atoms with Crippen molar-refractivity contribution in [2.45, 2.75) is 52.4 Å². The summed E-state index contributed by atoms with van der Waals surface area (Å²) in [5.74, 6) is 0.519. The van der Waals surface area contributed by atoms with Crippen LogP contribution in [0.5, 0.6) is 11.5 Å². The van der Waals surface area contributed by atoms with Gasteiger partial charge in [-0.15, -0.1) is 0 Å². The van der Waals surface area contributed by atoms with Crippen LogP contribution in [0.4, 0.5) is 26.2 Å². The SMILES string of the molecule is COc1ccc2cc(-c3nc(C(C)[n+]4cnc5c(c(Cc6cccc7ccccc67)nn5CC=C[n+]5cnc6c(c(-c7c(F)ccc(OCc8ccccc8)c7F)nn6C(C)C)c5N)c4N)n4ccnc(N)c34)ccc2c1. The van der Waals surface area contributed by atoms with E-state index >= 15 is 8.78 Å². The number of imidazole rings is 1. The molecule has 16 nitrogen and oxygen atoms in total. The Morgan fingerprint density at radius 2 is 1.52 bits per heavy atom. The number of anilines is 3. The van der Waals surface area contributed by atoms with E-state index in [2.05, 4.69) is 35.3 Å². The minimum Gasteiger partial charge on any atom is -0.497 e. The molecule has 0 aliphatic rings. The van der Waals surface area contributed by atoms with E-state index in [4.69, 9.17) is 51.8 Å². The van der Waals surface area contributed by atoms with Crippen LogP contribution in [0.15, 0.2) is 152 Å². The molecule has 1 unspecified atom stereocenters. The highest BCUT2D eigenvalue weighted by molar-refractivity contribution is 5.98. The number of allylic oxidation sites excluding steroid dienone is 1. The molecule has 0 spiro atoms. The van der Waals surface area contributed by atoms with Crippen LogP contribution in [0.3, 0.4) is 0 Å². The molecule has 6 heterocycles. The van der Waals surface area contributed by atoms with Crippen molar-refractivity contribution < 1.29 is 27.4 Å². The van der Waals surface area contributed by atoms with Crippen molar-refractivity contribution in [3.05, 3.63) is 187 Å². The van der Waals surface area contributed by atoms with Gasteiger partial charge in [-0.2, -0.15) is 10.2 Å². The van der Waals surface area contributed by atoms with Crippen LogP contribution >= 0.6 is 0 Å². The number of benzene rings is 6. The predicted octanol–water partition coefficient (Wildman–Crippen LogP) is 10.00. The summed E-state index contributed by atoms with van der Waals surface area (Å²) in [6.45, 7) is 6.14. The monoisotopic (exact) mass is 1030 g/mol. The van der Waals surface area contributed by atoms with Crippen molar-refractivity contribution in [2.24, 2.45) is 0 Å². The number of nitrogens with two attached hydrogens (primary N) is 3. The van der Waals surface area contributed by atoms with E-state index in [0.29, 0.717) is 57.5 Å². The molecule has 0 bridgehead atoms. The van der Waals surface area contributed by atoms with Crippen molar-refractivity contribution in [1.29, 1.82) is 0 Å². The molecular weight excluding hydrogens is 975 g/mol. The number of nitrogens with zero attached hydrogens (tertiary/aromatic N) is 11. The number of hydrogen-bond acceptors (Lipinski definition) is 11. The van der Waals surface area contributed by atoms with Gasteiger partial charge in [0.1, 0.15) is 57.7 Å². The zero-order valence-electron chi connectivity index (χ0n) is 42.5.